The van der Waals surface area contributed by atoms with Gasteiger partial charge in [0.2, 0.25) is 0 Å². The Morgan fingerprint density at radius 3 is 2.75 bits per heavy atom. The van der Waals surface area contributed by atoms with Crippen molar-refractivity contribution in [3.05, 3.63) is 11.3 Å². The SMILES string of the molecule is Cc1nn(C)c(N2CCCCCC2C)c1CNC(C)C. The summed E-state index contributed by atoms with van der Waals surface area (Å²) in [5.41, 5.74) is 2.53. The largest absolute Gasteiger partial charge is 0.354 e. The number of hydrogen-bond acceptors (Lipinski definition) is 3. The number of nitrogens with zero attached hydrogens (tertiary/aromatic N) is 3. The van der Waals surface area contributed by atoms with Crippen LogP contribution in [0.25, 0.3) is 0 Å². The summed E-state index contributed by atoms with van der Waals surface area (Å²) in [6, 6.07) is 1.12. The highest BCUT2D eigenvalue weighted by atomic mass is 15.4. The predicted molar refractivity (Wildman–Crippen MR) is 85.2 cm³/mol. The van der Waals surface area contributed by atoms with Gasteiger partial charge in [0.25, 0.3) is 0 Å². The first kappa shape index (κ1) is 15.4. The topological polar surface area (TPSA) is 33.1 Å². The average Bonchev–Trinajstić information content (AvgIpc) is 2.53. The molecule has 1 aromatic rings. The van der Waals surface area contributed by atoms with Crippen LogP contribution in [-0.4, -0.2) is 28.4 Å². The number of aromatic nitrogens is 2. The molecule has 0 spiro atoms. The van der Waals surface area contributed by atoms with Crippen molar-refractivity contribution in [3.8, 4) is 0 Å². The van der Waals surface area contributed by atoms with Crippen LogP contribution in [-0.2, 0) is 13.6 Å². The zero-order valence-corrected chi connectivity index (χ0v) is 13.7. The van der Waals surface area contributed by atoms with Crippen molar-refractivity contribution in [1.29, 1.82) is 0 Å². The lowest BCUT2D eigenvalue weighted by molar-refractivity contribution is 0.573. The maximum atomic E-state index is 4.66. The third-order valence-electron chi connectivity index (χ3n) is 4.33. The second kappa shape index (κ2) is 6.61. The lowest BCUT2D eigenvalue weighted by Gasteiger charge is -2.30. The molecule has 1 unspecified atom stereocenters. The van der Waals surface area contributed by atoms with Gasteiger partial charge in [0.1, 0.15) is 5.82 Å². The number of anilines is 1. The molecule has 0 bridgehead atoms. The standard InChI is InChI=1S/C16H30N4/c1-12(2)17-11-15-14(4)18-19(5)16(15)20-10-8-6-7-9-13(20)3/h12-13,17H,6-11H2,1-5H3. The van der Waals surface area contributed by atoms with Gasteiger partial charge in [-0.1, -0.05) is 26.7 Å². The van der Waals surface area contributed by atoms with Crippen LogP contribution in [0.2, 0.25) is 0 Å². The van der Waals surface area contributed by atoms with Crippen molar-refractivity contribution >= 4 is 5.82 Å². The molecule has 1 aliphatic rings. The van der Waals surface area contributed by atoms with Crippen molar-refractivity contribution in [2.75, 3.05) is 11.4 Å². The normalized spacial score (nSPS) is 20.5. The molecule has 0 aromatic carbocycles. The van der Waals surface area contributed by atoms with E-state index < -0.39 is 0 Å². The highest BCUT2D eigenvalue weighted by Gasteiger charge is 2.24. The maximum absolute atomic E-state index is 4.66. The summed E-state index contributed by atoms with van der Waals surface area (Å²) in [6.07, 6.45) is 5.30. The Morgan fingerprint density at radius 2 is 2.05 bits per heavy atom. The fourth-order valence-electron chi connectivity index (χ4n) is 3.15. The third kappa shape index (κ3) is 3.35. The first-order valence-corrected chi connectivity index (χ1v) is 8.03. The summed E-state index contributed by atoms with van der Waals surface area (Å²) >= 11 is 0. The Morgan fingerprint density at radius 1 is 1.30 bits per heavy atom. The molecule has 0 aliphatic carbocycles. The van der Waals surface area contributed by atoms with E-state index in [1.807, 2.05) is 0 Å². The van der Waals surface area contributed by atoms with Gasteiger partial charge in [0, 0.05) is 37.8 Å². The molecule has 4 heteroatoms. The van der Waals surface area contributed by atoms with E-state index in [1.165, 1.54) is 37.1 Å². The summed E-state index contributed by atoms with van der Waals surface area (Å²) < 4.78 is 2.08. The molecule has 1 fully saturated rings. The van der Waals surface area contributed by atoms with Gasteiger partial charge >= 0.3 is 0 Å². The zero-order valence-electron chi connectivity index (χ0n) is 13.7. The van der Waals surface area contributed by atoms with E-state index in [-0.39, 0.29) is 0 Å². The van der Waals surface area contributed by atoms with E-state index in [2.05, 4.69) is 54.7 Å². The highest BCUT2D eigenvalue weighted by molar-refractivity contribution is 5.51. The van der Waals surface area contributed by atoms with Crippen molar-refractivity contribution in [2.24, 2.45) is 7.05 Å². The zero-order chi connectivity index (χ0) is 14.7. The molecular weight excluding hydrogens is 248 g/mol. The Balaban J connectivity index is 2.28. The quantitative estimate of drug-likeness (QED) is 0.919. The van der Waals surface area contributed by atoms with Crippen molar-refractivity contribution in [3.63, 3.8) is 0 Å². The molecule has 1 atom stereocenters. The fourth-order valence-corrected chi connectivity index (χ4v) is 3.15. The van der Waals surface area contributed by atoms with Crippen LogP contribution in [0.4, 0.5) is 5.82 Å². The monoisotopic (exact) mass is 278 g/mol. The van der Waals surface area contributed by atoms with E-state index in [0.29, 0.717) is 12.1 Å². The Kier molecular flexibility index (Phi) is 5.08. The first-order chi connectivity index (χ1) is 9.50. The third-order valence-corrected chi connectivity index (χ3v) is 4.33. The smallest absolute Gasteiger partial charge is 0.131 e. The molecule has 20 heavy (non-hydrogen) atoms. The van der Waals surface area contributed by atoms with Crippen molar-refractivity contribution in [2.45, 2.75) is 72.0 Å². The van der Waals surface area contributed by atoms with Gasteiger partial charge in [-0.3, -0.25) is 4.68 Å². The lowest BCUT2D eigenvalue weighted by atomic mass is 10.1. The van der Waals surface area contributed by atoms with E-state index >= 15 is 0 Å². The molecular formula is C16H30N4. The summed E-state index contributed by atoms with van der Waals surface area (Å²) in [4.78, 5) is 2.57. The van der Waals surface area contributed by atoms with Gasteiger partial charge in [-0.2, -0.15) is 5.10 Å². The summed E-state index contributed by atoms with van der Waals surface area (Å²) in [5.74, 6) is 1.32. The van der Waals surface area contributed by atoms with Gasteiger partial charge in [0.05, 0.1) is 5.69 Å². The van der Waals surface area contributed by atoms with E-state index in [4.69, 9.17) is 0 Å². The minimum atomic E-state index is 0.504. The van der Waals surface area contributed by atoms with Gasteiger partial charge in [-0.15, -0.1) is 0 Å². The van der Waals surface area contributed by atoms with Crippen LogP contribution in [0, 0.1) is 6.92 Å². The van der Waals surface area contributed by atoms with Gasteiger partial charge in [0.15, 0.2) is 0 Å². The van der Waals surface area contributed by atoms with Crippen molar-refractivity contribution < 1.29 is 0 Å². The number of hydrogen-bond donors (Lipinski definition) is 1. The molecule has 2 rings (SSSR count). The minimum absolute atomic E-state index is 0.504. The molecule has 1 N–H and O–H groups in total. The highest BCUT2D eigenvalue weighted by Crippen LogP contribution is 2.28. The Labute approximate surface area is 123 Å². The van der Waals surface area contributed by atoms with E-state index in [1.54, 1.807) is 0 Å². The molecule has 1 saturated heterocycles. The minimum Gasteiger partial charge on any atom is -0.354 e. The summed E-state index contributed by atoms with van der Waals surface area (Å²) in [5, 5.41) is 8.21. The molecule has 0 saturated carbocycles. The Bertz CT molecular complexity index is 436. The van der Waals surface area contributed by atoms with Crippen molar-refractivity contribution in [1.82, 2.24) is 15.1 Å². The van der Waals surface area contributed by atoms with Gasteiger partial charge in [-0.05, 0) is 26.7 Å². The Hall–Kier alpha value is -1.03. The molecule has 0 amide bonds. The number of nitrogens with one attached hydrogen (secondary N) is 1. The fraction of sp³-hybridized carbons (Fsp3) is 0.812. The van der Waals surface area contributed by atoms with Crippen LogP contribution < -0.4 is 10.2 Å². The van der Waals surface area contributed by atoms with Gasteiger partial charge < -0.3 is 10.2 Å². The second-order valence-electron chi connectivity index (χ2n) is 6.44. The molecule has 0 radical (unpaired) electrons. The summed E-state index contributed by atoms with van der Waals surface area (Å²) in [6.45, 7) is 10.9. The van der Waals surface area contributed by atoms with Crippen LogP contribution in [0.5, 0.6) is 0 Å². The molecule has 2 heterocycles. The van der Waals surface area contributed by atoms with Crippen LogP contribution in [0.1, 0.15) is 57.7 Å². The molecule has 1 aliphatic heterocycles. The van der Waals surface area contributed by atoms with Crippen LogP contribution >= 0.6 is 0 Å². The average molecular weight is 278 g/mol. The predicted octanol–water partition coefficient (Wildman–Crippen LogP) is 3.00. The molecule has 1 aromatic heterocycles. The van der Waals surface area contributed by atoms with E-state index in [0.717, 1.165) is 18.8 Å². The van der Waals surface area contributed by atoms with Crippen LogP contribution in [0.15, 0.2) is 0 Å². The number of aryl methyl sites for hydroxylation is 2. The maximum Gasteiger partial charge on any atom is 0.131 e. The molecule has 114 valence electrons. The van der Waals surface area contributed by atoms with E-state index in [9.17, 15) is 0 Å². The lowest BCUT2D eigenvalue weighted by Crippen LogP contribution is -2.35. The molecule has 4 nitrogen and oxygen atoms in total. The van der Waals surface area contributed by atoms with Crippen LogP contribution in [0.3, 0.4) is 0 Å². The second-order valence-corrected chi connectivity index (χ2v) is 6.44. The first-order valence-electron chi connectivity index (χ1n) is 8.03. The van der Waals surface area contributed by atoms with Gasteiger partial charge in [-0.25, -0.2) is 0 Å². The number of rotatable bonds is 4. The summed E-state index contributed by atoms with van der Waals surface area (Å²) in [7, 11) is 2.08.